The molecule has 1 aromatic carbocycles. The molecule has 1 saturated carbocycles. The second kappa shape index (κ2) is 7.67. The third kappa shape index (κ3) is 3.82. The summed E-state index contributed by atoms with van der Waals surface area (Å²) in [5, 5.41) is 1.10. The minimum absolute atomic E-state index is 0.0302. The molecule has 1 aliphatic carbocycles. The lowest BCUT2D eigenvalue weighted by Gasteiger charge is -2.37. The molecule has 142 valence electrons. The number of likely N-dealkylation sites (tertiary alicyclic amines) is 1. The van der Waals surface area contributed by atoms with Gasteiger partial charge in [-0.05, 0) is 49.4 Å². The lowest BCUT2D eigenvalue weighted by atomic mass is 9.83. The van der Waals surface area contributed by atoms with Gasteiger partial charge in [0.25, 0.3) is 0 Å². The molecule has 0 radical (unpaired) electrons. The first-order valence-electron chi connectivity index (χ1n) is 9.99. The zero-order chi connectivity index (χ0) is 18.8. The van der Waals surface area contributed by atoms with Gasteiger partial charge in [0, 0.05) is 50.1 Å². The zero-order valence-electron chi connectivity index (χ0n) is 15.9. The normalized spacial score (nSPS) is 18.3. The molecule has 5 nitrogen and oxygen atoms in total. The maximum Gasteiger partial charge on any atom is 0.225 e. The van der Waals surface area contributed by atoms with Gasteiger partial charge in [0.05, 0.1) is 5.52 Å². The minimum Gasteiger partial charge on any atom is -0.342 e. The van der Waals surface area contributed by atoms with Crippen LogP contribution in [0.2, 0.25) is 0 Å². The SMILES string of the molecule is CN(Cc1ccc2ncccc2c1)C(=O)C1CCN(C(=O)C2CCC2)CC1. The van der Waals surface area contributed by atoms with Crippen molar-refractivity contribution in [1.82, 2.24) is 14.8 Å². The molecule has 5 heteroatoms. The van der Waals surface area contributed by atoms with Gasteiger partial charge < -0.3 is 9.80 Å². The molecule has 1 aliphatic heterocycles. The molecule has 0 bridgehead atoms. The molecule has 0 spiro atoms. The molecule has 1 aromatic heterocycles. The van der Waals surface area contributed by atoms with E-state index < -0.39 is 0 Å². The Labute approximate surface area is 160 Å². The maximum atomic E-state index is 12.9. The van der Waals surface area contributed by atoms with Crippen molar-refractivity contribution in [3.63, 3.8) is 0 Å². The second-order valence-corrected chi connectivity index (χ2v) is 7.95. The van der Waals surface area contributed by atoms with Crippen molar-refractivity contribution in [3.05, 3.63) is 42.1 Å². The molecule has 2 amide bonds. The van der Waals surface area contributed by atoms with E-state index in [4.69, 9.17) is 0 Å². The van der Waals surface area contributed by atoms with E-state index in [1.807, 2.05) is 41.1 Å². The van der Waals surface area contributed by atoms with E-state index in [0.29, 0.717) is 12.5 Å². The molecule has 2 fully saturated rings. The minimum atomic E-state index is 0.0302. The molecule has 2 aromatic rings. The van der Waals surface area contributed by atoms with Crippen LogP contribution in [0.15, 0.2) is 36.5 Å². The molecular weight excluding hydrogens is 338 g/mol. The van der Waals surface area contributed by atoms with Gasteiger partial charge in [0.1, 0.15) is 0 Å². The van der Waals surface area contributed by atoms with E-state index in [1.54, 1.807) is 6.20 Å². The Morgan fingerprint density at radius 3 is 2.59 bits per heavy atom. The number of hydrogen-bond donors (Lipinski definition) is 0. The Morgan fingerprint density at radius 2 is 1.89 bits per heavy atom. The van der Waals surface area contributed by atoms with Gasteiger partial charge in [-0.1, -0.05) is 18.6 Å². The number of pyridine rings is 1. The number of piperidine rings is 1. The lowest BCUT2D eigenvalue weighted by molar-refractivity contribution is -0.143. The summed E-state index contributed by atoms with van der Waals surface area (Å²) in [7, 11) is 1.88. The van der Waals surface area contributed by atoms with Crippen molar-refractivity contribution in [2.24, 2.45) is 11.8 Å². The number of carbonyl (C=O) groups is 2. The van der Waals surface area contributed by atoms with E-state index in [0.717, 1.165) is 55.2 Å². The Hall–Kier alpha value is -2.43. The molecule has 0 N–H and O–H groups in total. The summed E-state index contributed by atoms with van der Waals surface area (Å²) in [4.78, 5) is 33.4. The van der Waals surface area contributed by atoms with Gasteiger partial charge in [0.15, 0.2) is 0 Å². The summed E-state index contributed by atoms with van der Waals surface area (Å²) in [6.07, 6.45) is 6.62. The zero-order valence-corrected chi connectivity index (χ0v) is 15.9. The van der Waals surface area contributed by atoms with Crippen molar-refractivity contribution in [1.29, 1.82) is 0 Å². The number of carbonyl (C=O) groups excluding carboxylic acids is 2. The van der Waals surface area contributed by atoms with Gasteiger partial charge in [-0.2, -0.15) is 0 Å². The molecule has 0 atom stereocenters. The van der Waals surface area contributed by atoms with Crippen LogP contribution in [0.1, 0.15) is 37.7 Å². The van der Waals surface area contributed by atoms with Crippen LogP contribution in [0.5, 0.6) is 0 Å². The van der Waals surface area contributed by atoms with Gasteiger partial charge in [0.2, 0.25) is 11.8 Å². The summed E-state index contributed by atoms with van der Waals surface area (Å²) in [5.74, 6) is 0.784. The van der Waals surface area contributed by atoms with Gasteiger partial charge in [-0.3, -0.25) is 14.6 Å². The highest BCUT2D eigenvalue weighted by Crippen LogP contribution is 2.30. The molecule has 1 saturated heterocycles. The van der Waals surface area contributed by atoms with Crippen LogP contribution in [0, 0.1) is 11.8 Å². The fourth-order valence-electron chi connectivity index (χ4n) is 4.15. The highest BCUT2D eigenvalue weighted by Gasteiger charge is 2.33. The van der Waals surface area contributed by atoms with Crippen LogP contribution in [0.25, 0.3) is 10.9 Å². The fourth-order valence-corrected chi connectivity index (χ4v) is 4.15. The Balaban J connectivity index is 1.32. The van der Waals surface area contributed by atoms with Crippen molar-refractivity contribution in [2.45, 2.75) is 38.6 Å². The smallest absolute Gasteiger partial charge is 0.225 e. The number of fused-ring (bicyclic) bond motifs is 1. The largest absolute Gasteiger partial charge is 0.342 e. The van der Waals surface area contributed by atoms with E-state index in [9.17, 15) is 9.59 Å². The van der Waals surface area contributed by atoms with Crippen LogP contribution >= 0.6 is 0 Å². The second-order valence-electron chi connectivity index (χ2n) is 7.95. The highest BCUT2D eigenvalue weighted by molar-refractivity contribution is 5.82. The van der Waals surface area contributed by atoms with E-state index >= 15 is 0 Å². The average Bonchev–Trinajstić information content (AvgIpc) is 2.66. The Kier molecular flexibility index (Phi) is 5.10. The molecule has 4 rings (SSSR count). The quantitative estimate of drug-likeness (QED) is 0.836. The molecular formula is C22H27N3O2. The predicted octanol–water partition coefficient (Wildman–Crippen LogP) is 3.23. The number of benzene rings is 1. The van der Waals surface area contributed by atoms with Crippen molar-refractivity contribution >= 4 is 22.7 Å². The first-order chi connectivity index (χ1) is 13.1. The van der Waals surface area contributed by atoms with Crippen molar-refractivity contribution in [2.75, 3.05) is 20.1 Å². The highest BCUT2D eigenvalue weighted by atomic mass is 16.2. The number of amides is 2. The van der Waals surface area contributed by atoms with Crippen LogP contribution < -0.4 is 0 Å². The summed E-state index contributed by atoms with van der Waals surface area (Å²) >= 11 is 0. The first kappa shape index (κ1) is 18.0. The monoisotopic (exact) mass is 365 g/mol. The van der Waals surface area contributed by atoms with Crippen LogP contribution in [-0.4, -0.2) is 46.7 Å². The predicted molar refractivity (Wildman–Crippen MR) is 105 cm³/mol. The Bertz CT molecular complexity index is 838. The van der Waals surface area contributed by atoms with Crippen molar-refractivity contribution < 1.29 is 9.59 Å². The lowest BCUT2D eigenvalue weighted by Crippen LogP contribution is -2.46. The van der Waals surface area contributed by atoms with Crippen LogP contribution in [0.4, 0.5) is 0 Å². The third-order valence-electron chi connectivity index (χ3n) is 6.07. The number of nitrogens with zero attached hydrogens (tertiary/aromatic N) is 3. The number of aromatic nitrogens is 1. The summed E-state index contributed by atoms with van der Waals surface area (Å²) in [6.45, 7) is 2.05. The van der Waals surface area contributed by atoms with Crippen molar-refractivity contribution in [3.8, 4) is 0 Å². The fraction of sp³-hybridized carbons (Fsp3) is 0.500. The number of rotatable bonds is 4. The van der Waals surface area contributed by atoms with E-state index in [-0.39, 0.29) is 17.7 Å². The molecule has 0 unspecified atom stereocenters. The number of hydrogen-bond acceptors (Lipinski definition) is 3. The summed E-state index contributed by atoms with van der Waals surface area (Å²) in [5.41, 5.74) is 2.09. The van der Waals surface area contributed by atoms with E-state index in [1.165, 1.54) is 6.42 Å². The van der Waals surface area contributed by atoms with Gasteiger partial charge >= 0.3 is 0 Å². The first-order valence-corrected chi connectivity index (χ1v) is 9.99. The van der Waals surface area contributed by atoms with Gasteiger partial charge in [-0.15, -0.1) is 0 Å². The molecule has 2 aliphatic rings. The van der Waals surface area contributed by atoms with Crippen LogP contribution in [-0.2, 0) is 16.1 Å². The van der Waals surface area contributed by atoms with Gasteiger partial charge in [-0.25, -0.2) is 0 Å². The standard InChI is InChI=1S/C22H27N3O2/c1-24(15-16-7-8-20-19(14-16)6-3-11-23-20)21(26)18-9-12-25(13-10-18)22(27)17-4-2-5-17/h3,6-8,11,14,17-18H,2,4-5,9-10,12-13,15H2,1H3. The van der Waals surface area contributed by atoms with E-state index in [2.05, 4.69) is 11.1 Å². The summed E-state index contributed by atoms with van der Waals surface area (Å²) in [6, 6.07) is 10.1. The summed E-state index contributed by atoms with van der Waals surface area (Å²) < 4.78 is 0. The molecule has 27 heavy (non-hydrogen) atoms. The topological polar surface area (TPSA) is 53.5 Å². The average molecular weight is 365 g/mol. The Morgan fingerprint density at radius 1 is 1.11 bits per heavy atom. The molecule has 2 heterocycles. The van der Waals surface area contributed by atoms with Crippen LogP contribution in [0.3, 0.4) is 0 Å². The maximum absolute atomic E-state index is 12.9. The third-order valence-corrected chi connectivity index (χ3v) is 6.07.